The topological polar surface area (TPSA) is 17.8 Å². The molecule has 1 aromatic carbocycles. The first kappa shape index (κ1) is 12.2. The largest absolute Gasteiger partial charge is 0.408 e. The standard InChI is InChI=1S/C11H8BrF3N2/c12-10-3-1-2-8(4-10)9-5-16-17(6-9)7-11(13,14)15/h1-6H,7H2. The van der Waals surface area contributed by atoms with Crippen LogP contribution in [0.2, 0.25) is 0 Å². The highest BCUT2D eigenvalue weighted by atomic mass is 79.9. The van der Waals surface area contributed by atoms with Gasteiger partial charge in [0.1, 0.15) is 6.54 Å². The molecule has 0 atom stereocenters. The molecule has 0 bridgehead atoms. The van der Waals surface area contributed by atoms with Crippen molar-refractivity contribution >= 4 is 15.9 Å². The molecule has 0 N–H and O–H groups in total. The van der Waals surface area contributed by atoms with E-state index in [0.717, 1.165) is 14.7 Å². The lowest BCUT2D eigenvalue weighted by Crippen LogP contribution is -2.17. The smallest absolute Gasteiger partial charge is 0.263 e. The van der Waals surface area contributed by atoms with E-state index in [9.17, 15) is 13.2 Å². The maximum Gasteiger partial charge on any atom is 0.408 e. The molecule has 0 aliphatic carbocycles. The van der Waals surface area contributed by atoms with Gasteiger partial charge in [-0.05, 0) is 17.7 Å². The molecule has 1 aromatic heterocycles. The molecule has 0 spiro atoms. The molecular formula is C11H8BrF3N2. The van der Waals surface area contributed by atoms with Gasteiger partial charge < -0.3 is 0 Å². The van der Waals surface area contributed by atoms with Crippen molar-refractivity contribution in [3.8, 4) is 11.1 Å². The summed E-state index contributed by atoms with van der Waals surface area (Å²) in [4.78, 5) is 0. The molecule has 2 aromatic rings. The highest BCUT2D eigenvalue weighted by Crippen LogP contribution is 2.23. The SMILES string of the molecule is FC(F)(F)Cn1cc(-c2cccc(Br)c2)cn1. The van der Waals surface area contributed by atoms with Crippen LogP contribution >= 0.6 is 15.9 Å². The lowest BCUT2D eigenvalue weighted by molar-refractivity contribution is -0.142. The van der Waals surface area contributed by atoms with Gasteiger partial charge in [-0.2, -0.15) is 18.3 Å². The lowest BCUT2D eigenvalue weighted by atomic mass is 10.1. The molecule has 0 saturated heterocycles. The zero-order valence-electron chi connectivity index (χ0n) is 8.58. The second-order valence-electron chi connectivity index (χ2n) is 3.55. The molecule has 6 heteroatoms. The van der Waals surface area contributed by atoms with Crippen LogP contribution < -0.4 is 0 Å². The van der Waals surface area contributed by atoms with Gasteiger partial charge in [0.2, 0.25) is 0 Å². The van der Waals surface area contributed by atoms with Crippen LogP contribution in [0.25, 0.3) is 11.1 Å². The molecule has 2 rings (SSSR count). The minimum Gasteiger partial charge on any atom is -0.263 e. The second-order valence-corrected chi connectivity index (χ2v) is 4.47. The number of hydrogen-bond donors (Lipinski definition) is 0. The van der Waals surface area contributed by atoms with Gasteiger partial charge >= 0.3 is 6.18 Å². The van der Waals surface area contributed by atoms with E-state index in [1.54, 1.807) is 0 Å². The van der Waals surface area contributed by atoms with Gasteiger partial charge in [-0.25, -0.2) is 0 Å². The fraction of sp³-hybridized carbons (Fsp3) is 0.182. The molecule has 0 amide bonds. The molecule has 2 nitrogen and oxygen atoms in total. The average Bonchev–Trinajstić information content (AvgIpc) is 2.63. The summed E-state index contributed by atoms with van der Waals surface area (Å²) in [7, 11) is 0. The summed E-state index contributed by atoms with van der Waals surface area (Å²) in [6.07, 6.45) is -1.44. The Labute approximate surface area is 104 Å². The molecule has 1 heterocycles. The normalized spacial score (nSPS) is 11.8. The average molecular weight is 305 g/mol. The van der Waals surface area contributed by atoms with Gasteiger partial charge in [-0.15, -0.1) is 0 Å². The van der Waals surface area contributed by atoms with E-state index in [2.05, 4.69) is 21.0 Å². The summed E-state index contributed by atoms with van der Waals surface area (Å²) in [5.41, 5.74) is 1.49. The van der Waals surface area contributed by atoms with E-state index in [0.29, 0.717) is 5.56 Å². The Morgan fingerprint density at radius 3 is 2.65 bits per heavy atom. The number of halogens is 4. The molecule has 90 valence electrons. The zero-order chi connectivity index (χ0) is 12.5. The number of aromatic nitrogens is 2. The third-order valence-corrected chi connectivity index (χ3v) is 2.63. The molecule has 17 heavy (non-hydrogen) atoms. The second kappa shape index (κ2) is 4.52. The van der Waals surface area contributed by atoms with Crippen molar-refractivity contribution in [3.63, 3.8) is 0 Å². The third kappa shape index (κ3) is 3.33. The van der Waals surface area contributed by atoms with E-state index in [4.69, 9.17) is 0 Å². The van der Waals surface area contributed by atoms with Crippen LogP contribution in [0.15, 0.2) is 41.1 Å². The summed E-state index contributed by atoms with van der Waals surface area (Å²) in [6, 6.07) is 7.32. The van der Waals surface area contributed by atoms with Crippen LogP contribution in [0.3, 0.4) is 0 Å². The highest BCUT2D eigenvalue weighted by Gasteiger charge is 2.28. The Morgan fingerprint density at radius 2 is 2.00 bits per heavy atom. The molecule has 0 saturated carbocycles. The van der Waals surface area contributed by atoms with Crippen molar-refractivity contribution in [2.45, 2.75) is 12.7 Å². The van der Waals surface area contributed by atoms with Crippen LogP contribution in [-0.4, -0.2) is 16.0 Å². The van der Waals surface area contributed by atoms with Crippen molar-refractivity contribution in [2.24, 2.45) is 0 Å². The Morgan fingerprint density at radius 1 is 1.24 bits per heavy atom. The monoisotopic (exact) mass is 304 g/mol. The zero-order valence-corrected chi connectivity index (χ0v) is 10.2. The van der Waals surface area contributed by atoms with Crippen molar-refractivity contribution < 1.29 is 13.2 Å². The van der Waals surface area contributed by atoms with Crippen LogP contribution in [-0.2, 0) is 6.54 Å². The van der Waals surface area contributed by atoms with Gasteiger partial charge in [0, 0.05) is 16.2 Å². The number of benzene rings is 1. The van der Waals surface area contributed by atoms with E-state index in [-0.39, 0.29) is 0 Å². The highest BCUT2D eigenvalue weighted by molar-refractivity contribution is 9.10. The lowest BCUT2D eigenvalue weighted by Gasteiger charge is -2.05. The fourth-order valence-electron chi connectivity index (χ4n) is 1.45. The van der Waals surface area contributed by atoms with Crippen LogP contribution in [0, 0.1) is 0 Å². The Bertz CT molecular complexity index is 519. The van der Waals surface area contributed by atoms with Crippen LogP contribution in [0.4, 0.5) is 13.2 Å². The van der Waals surface area contributed by atoms with Gasteiger partial charge in [-0.3, -0.25) is 4.68 Å². The quantitative estimate of drug-likeness (QED) is 0.823. The molecule has 0 unspecified atom stereocenters. The van der Waals surface area contributed by atoms with Gasteiger partial charge in [-0.1, -0.05) is 28.1 Å². The predicted octanol–water partition coefficient (Wildman–Crippen LogP) is 3.87. The van der Waals surface area contributed by atoms with Crippen molar-refractivity contribution in [3.05, 3.63) is 41.1 Å². The van der Waals surface area contributed by atoms with E-state index in [1.165, 1.54) is 12.4 Å². The Hall–Kier alpha value is -1.30. The minimum atomic E-state index is -4.25. The number of alkyl halides is 3. The summed E-state index contributed by atoms with van der Waals surface area (Å²) in [5, 5.41) is 3.69. The molecule has 0 radical (unpaired) electrons. The van der Waals surface area contributed by atoms with Gasteiger partial charge in [0.15, 0.2) is 0 Å². The minimum absolute atomic E-state index is 0.663. The Kier molecular flexibility index (Phi) is 3.24. The molecule has 0 fully saturated rings. The maximum absolute atomic E-state index is 12.1. The maximum atomic E-state index is 12.1. The first-order valence-electron chi connectivity index (χ1n) is 4.79. The van der Waals surface area contributed by atoms with Crippen molar-refractivity contribution in [2.75, 3.05) is 0 Å². The van der Waals surface area contributed by atoms with Crippen molar-refractivity contribution in [1.29, 1.82) is 0 Å². The predicted molar refractivity (Wildman–Crippen MR) is 61.4 cm³/mol. The first-order chi connectivity index (χ1) is 7.94. The Balaban J connectivity index is 2.24. The van der Waals surface area contributed by atoms with Crippen LogP contribution in [0.5, 0.6) is 0 Å². The first-order valence-corrected chi connectivity index (χ1v) is 5.58. The fourth-order valence-corrected chi connectivity index (χ4v) is 1.85. The number of hydrogen-bond acceptors (Lipinski definition) is 1. The number of rotatable bonds is 2. The van der Waals surface area contributed by atoms with Gasteiger partial charge in [0.05, 0.1) is 6.20 Å². The van der Waals surface area contributed by atoms with E-state index in [1.807, 2.05) is 24.3 Å². The van der Waals surface area contributed by atoms with E-state index < -0.39 is 12.7 Å². The van der Waals surface area contributed by atoms with Crippen molar-refractivity contribution in [1.82, 2.24) is 9.78 Å². The van der Waals surface area contributed by atoms with E-state index >= 15 is 0 Å². The van der Waals surface area contributed by atoms with Gasteiger partial charge in [0.25, 0.3) is 0 Å². The summed E-state index contributed by atoms with van der Waals surface area (Å²) in [5.74, 6) is 0. The molecule has 0 aliphatic rings. The molecular weight excluding hydrogens is 297 g/mol. The summed E-state index contributed by atoms with van der Waals surface area (Å²) in [6.45, 7) is -1.07. The number of nitrogens with zero attached hydrogens (tertiary/aromatic N) is 2. The third-order valence-electron chi connectivity index (χ3n) is 2.13. The summed E-state index contributed by atoms with van der Waals surface area (Å²) < 4.78 is 38.2. The molecule has 0 aliphatic heterocycles. The summed E-state index contributed by atoms with van der Waals surface area (Å²) >= 11 is 3.31. The van der Waals surface area contributed by atoms with Crippen LogP contribution in [0.1, 0.15) is 0 Å².